The highest BCUT2D eigenvalue weighted by molar-refractivity contribution is 7.15. The summed E-state index contributed by atoms with van der Waals surface area (Å²) in [7, 11) is 6.28. The molecule has 4 nitrogen and oxygen atoms in total. The highest BCUT2D eigenvalue weighted by Gasteiger charge is 2.07. The Bertz CT molecular complexity index is 322. The first-order chi connectivity index (χ1) is 7.99. The normalized spacial score (nSPS) is 11.5. The lowest BCUT2D eigenvalue weighted by Gasteiger charge is -2.18. The van der Waals surface area contributed by atoms with Gasteiger partial charge < -0.3 is 15.1 Å². The topological polar surface area (TPSA) is 31.4 Å². The van der Waals surface area contributed by atoms with E-state index in [2.05, 4.69) is 55.1 Å². The standard InChI is InChI=1S/C12H24N4S/c1-10(2)13-8-11-9-14-12(17-11)16(5)7-6-15(3)4/h9-10,13H,6-8H2,1-5H3. The molecule has 1 aromatic heterocycles. The highest BCUT2D eigenvalue weighted by atomic mass is 32.1. The maximum absolute atomic E-state index is 4.46. The molecule has 0 bridgehead atoms. The van der Waals surface area contributed by atoms with Gasteiger partial charge >= 0.3 is 0 Å². The third kappa shape index (κ3) is 5.48. The minimum absolute atomic E-state index is 0.520. The maximum atomic E-state index is 4.46. The number of nitrogens with zero attached hydrogens (tertiary/aromatic N) is 3. The molecular weight excluding hydrogens is 232 g/mol. The highest BCUT2D eigenvalue weighted by Crippen LogP contribution is 2.21. The number of aromatic nitrogens is 1. The van der Waals surface area contributed by atoms with Gasteiger partial charge in [-0.3, -0.25) is 0 Å². The van der Waals surface area contributed by atoms with Gasteiger partial charge in [0, 0.05) is 43.8 Å². The Hall–Kier alpha value is -0.650. The largest absolute Gasteiger partial charge is 0.350 e. The molecule has 0 unspecified atom stereocenters. The fourth-order valence-electron chi connectivity index (χ4n) is 1.31. The molecule has 0 atom stereocenters. The van der Waals surface area contributed by atoms with Crippen LogP contribution in [-0.2, 0) is 6.54 Å². The minimum atomic E-state index is 0.520. The summed E-state index contributed by atoms with van der Waals surface area (Å²) in [4.78, 5) is 10.2. The van der Waals surface area contributed by atoms with Crippen molar-refractivity contribution in [2.24, 2.45) is 0 Å². The quantitative estimate of drug-likeness (QED) is 0.803. The molecule has 17 heavy (non-hydrogen) atoms. The molecule has 1 N–H and O–H groups in total. The van der Waals surface area contributed by atoms with Crippen molar-refractivity contribution >= 4 is 16.5 Å². The van der Waals surface area contributed by atoms with Crippen molar-refractivity contribution in [3.05, 3.63) is 11.1 Å². The number of hydrogen-bond acceptors (Lipinski definition) is 5. The molecule has 0 spiro atoms. The molecule has 0 aromatic carbocycles. The van der Waals surface area contributed by atoms with Crippen LogP contribution in [0.3, 0.4) is 0 Å². The van der Waals surface area contributed by atoms with Gasteiger partial charge in [-0.05, 0) is 14.1 Å². The Kier molecular flexibility index (Phi) is 5.88. The molecule has 1 heterocycles. The fourth-order valence-corrected chi connectivity index (χ4v) is 2.15. The Morgan fingerprint density at radius 1 is 1.29 bits per heavy atom. The van der Waals surface area contributed by atoms with Crippen molar-refractivity contribution in [1.29, 1.82) is 0 Å². The third-order valence-corrected chi connectivity index (χ3v) is 3.55. The van der Waals surface area contributed by atoms with Crippen molar-refractivity contribution in [1.82, 2.24) is 15.2 Å². The molecule has 1 aromatic rings. The van der Waals surface area contributed by atoms with E-state index >= 15 is 0 Å². The second-order valence-corrected chi connectivity index (χ2v) is 5.96. The van der Waals surface area contributed by atoms with Gasteiger partial charge in [-0.1, -0.05) is 13.8 Å². The Balaban J connectivity index is 2.43. The first kappa shape index (κ1) is 14.4. The van der Waals surface area contributed by atoms with E-state index in [1.165, 1.54) is 4.88 Å². The van der Waals surface area contributed by atoms with Crippen molar-refractivity contribution in [3.8, 4) is 0 Å². The van der Waals surface area contributed by atoms with E-state index < -0.39 is 0 Å². The second-order valence-electron chi connectivity index (χ2n) is 4.87. The number of thiazole rings is 1. The summed E-state index contributed by atoms with van der Waals surface area (Å²) in [6.45, 7) is 7.29. The lowest BCUT2D eigenvalue weighted by atomic mass is 10.4. The van der Waals surface area contributed by atoms with Gasteiger partial charge in [0.25, 0.3) is 0 Å². The molecule has 1 rings (SSSR count). The predicted molar refractivity (Wildman–Crippen MR) is 75.9 cm³/mol. The SMILES string of the molecule is CC(C)NCc1cnc(N(C)CCN(C)C)s1. The zero-order valence-corrected chi connectivity index (χ0v) is 12.3. The van der Waals surface area contributed by atoms with Gasteiger partial charge in [-0.25, -0.2) is 4.98 Å². The Morgan fingerprint density at radius 3 is 2.59 bits per heavy atom. The molecule has 0 saturated heterocycles. The van der Waals surface area contributed by atoms with Gasteiger partial charge in [-0.2, -0.15) is 0 Å². The van der Waals surface area contributed by atoms with Crippen LogP contribution in [0.15, 0.2) is 6.20 Å². The van der Waals surface area contributed by atoms with Crippen LogP contribution in [0.2, 0.25) is 0 Å². The van der Waals surface area contributed by atoms with Crippen LogP contribution in [0, 0.1) is 0 Å². The number of rotatable bonds is 7. The zero-order chi connectivity index (χ0) is 12.8. The Morgan fingerprint density at radius 2 is 2.00 bits per heavy atom. The Labute approximate surface area is 109 Å². The van der Waals surface area contributed by atoms with Crippen LogP contribution < -0.4 is 10.2 Å². The molecule has 0 fully saturated rings. The van der Waals surface area contributed by atoms with Crippen LogP contribution in [0.5, 0.6) is 0 Å². The van der Waals surface area contributed by atoms with Crippen LogP contribution in [0.25, 0.3) is 0 Å². The van der Waals surface area contributed by atoms with Crippen molar-refractivity contribution < 1.29 is 0 Å². The summed E-state index contributed by atoms with van der Waals surface area (Å²) < 4.78 is 0. The van der Waals surface area contributed by atoms with Crippen molar-refractivity contribution in [3.63, 3.8) is 0 Å². The molecule has 0 aliphatic rings. The summed E-state index contributed by atoms with van der Waals surface area (Å²) in [5.74, 6) is 0. The monoisotopic (exact) mass is 256 g/mol. The average Bonchev–Trinajstić information content (AvgIpc) is 2.71. The second kappa shape index (κ2) is 6.93. The molecule has 5 heteroatoms. The third-order valence-electron chi connectivity index (χ3n) is 2.44. The number of anilines is 1. The van der Waals surface area contributed by atoms with Crippen molar-refractivity contribution in [2.45, 2.75) is 26.4 Å². The average molecular weight is 256 g/mol. The van der Waals surface area contributed by atoms with Crippen LogP contribution in [-0.4, -0.2) is 50.2 Å². The van der Waals surface area contributed by atoms with E-state index in [-0.39, 0.29) is 0 Å². The van der Waals surface area contributed by atoms with Crippen LogP contribution >= 0.6 is 11.3 Å². The van der Waals surface area contributed by atoms with E-state index in [1.54, 1.807) is 11.3 Å². The molecule has 0 amide bonds. The van der Waals surface area contributed by atoms with Crippen LogP contribution in [0.4, 0.5) is 5.13 Å². The summed E-state index contributed by atoms with van der Waals surface area (Å²) in [5, 5.41) is 4.51. The van der Waals surface area contributed by atoms with E-state index in [4.69, 9.17) is 0 Å². The number of hydrogen-bond donors (Lipinski definition) is 1. The summed E-state index contributed by atoms with van der Waals surface area (Å²) >= 11 is 1.77. The molecule has 0 saturated carbocycles. The van der Waals surface area contributed by atoms with E-state index in [0.717, 1.165) is 24.8 Å². The zero-order valence-electron chi connectivity index (χ0n) is 11.5. The van der Waals surface area contributed by atoms with Gasteiger partial charge in [0.15, 0.2) is 5.13 Å². The first-order valence-electron chi connectivity index (χ1n) is 6.03. The van der Waals surface area contributed by atoms with Gasteiger partial charge in [0.2, 0.25) is 0 Å². The van der Waals surface area contributed by atoms with E-state index in [0.29, 0.717) is 6.04 Å². The maximum Gasteiger partial charge on any atom is 0.185 e. The fraction of sp³-hybridized carbons (Fsp3) is 0.750. The summed E-state index contributed by atoms with van der Waals surface area (Å²) in [5.41, 5.74) is 0. The molecular formula is C12H24N4S. The lowest BCUT2D eigenvalue weighted by Crippen LogP contribution is -2.28. The predicted octanol–water partition coefficient (Wildman–Crippen LogP) is 1.64. The number of likely N-dealkylation sites (N-methyl/N-ethyl adjacent to an activating group) is 2. The van der Waals surface area contributed by atoms with Gasteiger partial charge in [-0.15, -0.1) is 11.3 Å². The van der Waals surface area contributed by atoms with Crippen LogP contribution in [0.1, 0.15) is 18.7 Å². The molecule has 0 radical (unpaired) electrons. The van der Waals surface area contributed by atoms with Crippen molar-refractivity contribution in [2.75, 3.05) is 39.1 Å². The lowest BCUT2D eigenvalue weighted by molar-refractivity contribution is 0.416. The molecule has 98 valence electrons. The first-order valence-corrected chi connectivity index (χ1v) is 6.84. The smallest absolute Gasteiger partial charge is 0.185 e. The van der Waals surface area contributed by atoms with Gasteiger partial charge in [0.1, 0.15) is 0 Å². The molecule has 0 aliphatic carbocycles. The number of nitrogens with one attached hydrogen (secondary N) is 1. The minimum Gasteiger partial charge on any atom is -0.350 e. The summed E-state index contributed by atoms with van der Waals surface area (Å²) in [6, 6.07) is 0.520. The van der Waals surface area contributed by atoms with E-state index in [9.17, 15) is 0 Å². The summed E-state index contributed by atoms with van der Waals surface area (Å²) in [6.07, 6.45) is 1.97. The van der Waals surface area contributed by atoms with Gasteiger partial charge in [0.05, 0.1) is 0 Å². The van der Waals surface area contributed by atoms with E-state index in [1.807, 2.05) is 6.20 Å². The molecule has 0 aliphatic heterocycles.